The van der Waals surface area contributed by atoms with Crippen molar-refractivity contribution in [2.45, 2.75) is 18.9 Å². The summed E-state index contributed by atoms with van der Waals surface area (Å²) < 4.78 is 14.1. The van der Waals surface area contributed by atoms with E-state index < -0.39 is 0 Å². The van der Waals surface area contributed by atoms with Crippen LogP contribution < -0.4 is 5.73 Å². The second-order valence-corrected chi connectivity index (χ2v) is 5.58. The molecule has 0 amide bonds. The van der Waals surface area contributed by atoms with Crippen LogP contribution in [0.15, 0.2) is 48.5 Å². The molecular formula is C18H21FN2. The molecule has 1 aliphatic heterocycles. The van der Waals surface area contributed by atoms with Crippen molar-refractivity contribution in [1.82, 2.24) is 4.90 Å². The number of nitrogens with two attached hydrogens (primary N) is 1. The van der Waals surface area contributed by atoms with Crippen LogP contribution in [0.4, 0.5) is 4.39 Å². The molecule has 2 aromatic rings. The molecule has 0 saturated carbocycles. The third-order valence-corrected chi connectivity index (χ3v) is 4.38. The molecular weight excluding hydrogens is 263 g/mol. The zero-order valence-electron chi connectivity index (χ0n) is 12.1. The molecule has 1 atom stereocenters. The summed E-state index contributed by atoms with van der Waals surface area (Å²) in [6, 6.07) is 15.5. The predicted octanol–water partition coefficient (Wildman–Crippen LogP) is 2.93. The summed E-state index contributed by atoms with van der Waals surface area (Å²) >= 11 is 0. The topological polar surface area (TPSA) is 29.3 Å². The number of benzene rings is 2. The van der Waals surface area contributed by atoms with E-state index in [2.05, 4.69) is 29.2 Å². The normalized spacial score (nSPS) is 17.0. The molecule has 0 aliphatic carbocycles. The molecule has 3 heteroatoms. The van der Waals surface area contributed by atoms with Gasteiger partial charge in [0.05, 0.1) is 0 Å². The van der Waals surface area contributed by atoms with E-state index >= 15 is 0 Å². The maximum absolute atomic E-state index is 14.1. The summed E-state index contributed by atoms with van der Waals surface area (Å²) in [5, 5.41) is 0. The minimum atomic E-state index is -0.158. The van der Waals surface area contributed by atoms with Crippen molar-refractivity contribution >= 4 is 0 Å². The fourth-order valence-electron chi connectivity index (χ4n) is 3.21. The summed E-state index contributed by atoms with van der Waals surface area (Å²) in [5.74, 6) is -0.158. The lowest BCUT2D eigenvalue weighted by molar-refractivity contribution is 0.207. The lowest BCUT2D eigenvalue weighted by atomic mass is 10.0. The van der Waals surface area contributed by atoms with Gasteiger partial charge in [0.15, 0.2) is 0 Å². The lowest BCUT2D eigenvalue weighted by Gasteiger charge is -2.30. The van der Waals surface area contributed by atoms with Gasteiger partial charge in [-0.25, -0.2) is 4.39 Å². The molecule has 2 N–H and O–H groups in total. The molecule has 2 nitrogen and oxygen atoms in total. The Bertz CT molecular complexity index is 585. The minimum absolute atomic E-state index is 0.0412. The molecule has 0 spiro atoms. The average molecular weight is 284 g/mol. The van der Waals surface area contributed by atoms with Crippen LogP contribution in [0.2, 0.25) is 0 Å². The maximum Gasteiger partial charge on any atom is 0.128 e. The maximum atomic E-state index is 14.1. The van der Waals surface area contributed by atoms with E-state index in [4.69, 9.17) is 5.73 Å². The molecule has 0 bridgehead atoms. The Morgan fingerprint density at radius 3 is 2.10 bits per heavy atom. The molecule has 1 unspecified atom stereocenters. The molecule has 1 heterocycles. The van der Waals surface area contributed by atoms with Crippen LogP contribution >= 0.6 is 0 Å². The summed E-state index contributed by atoms with van der Waals surface area (Å²) in [6.07, 6.45) is 2.00. The van der Waals surface area contributed by atoms with Crippen LogP contribution in [0, 0.1) is 5.82 Å². The first-order valence-electron chi connectivity index (χ1n) is 7.55. The smallest absolute Gasteiger partial charge is 0.128 e. The van der Waals surface area contributed by atoms with Gasteiger partial charge in [-0.3, -0.25) is 4.90 Å². The molecule has 0 aromatic heterocycles. The SMILES string of the molecule is NCC(c1ccccc1F)N1CCc2ccccc2CC1. The van der Waals surface area contributed by atoms with Crippen LogP contribution in [0.25, 0.3) is 0 Å². The highest BCUT2D eigenvalue weighted by Gasteiger charge is 2.23. The monoisotopic (exact) mass is 284 g/mol. The zero-order valence-corrected chi connectivity index (χ0v) is 12.1. The van der Waals surface area contributed by atoms with Gasteiger partial charge in [0.1, 0.15) is 5.82 Å². The van der Waals surface area contributed by atoms with Gasteiger partial charge in [0, 0.05) is 31.2 Å². The number of halogens is 1. The van der Waals surface area contributed by atoms with Crippen molar-refractivity contribution in [3.8, 4) is 0 Å². The first-order chi connectivity index (χ1) is 10.3. The van der Waals surface area contributed by atoms with Crippen molar-refractivity contribution in [2.75, 3.05) is 19.6 Å². The van der Waals surface area contributed by atoms with E-state index in [1.807, 2.05) is 12.1 Å². The highest BCUT2D eigenvalue weighted by Crippen LogP contribution is 2.25. The lowest BCUT2D eigenvalue weighted by Crippen LogP contribution is -2.36. The first-order valence-corrected chi connectivity index (χ1v) is 7.55. The van der Waals surface area contributed by atoms with Crippen LogP contribution in [-0.4, -0.2) is 24.5 Å². The second-order valence-electron chi connectivity index (χ2n) is 5.58. The summed E-state index contributed by atoms with van der Waals surface area (Å²) in [7, 11) is 0. The largest absolute Gasteiger partial charge is 0.329 e. The van der Waals surface area contributed by atoms with Gasteiger partial charge in [-0.1, -0.05) is 42.5 Å². The summed E-state index contributed by atoms with van der Waals surface area (Å²) in [5.41, 5.74) is 9.48. The van der Waals surface area contributed by atoms with E-state index in [-0.39, 0.29) is 11.9 Å². The molecule has 0 saturated heterocycles. The molecule has 2 aromatic carbocycles. The molecule has 0 radical (unpaired) electrons. The van der Waals surface area contributed by atoms with E-state index in [1.165, 1.54) is 17.2 Å². The number of rotatable bonds is 3. The highest BCUT2D eigenvalue weighted by atomic mass is 19.1. The van der Waals surface area contributed by atoms with Crippen molar-refractivity contribution in [3.63, 3.8) is 0 Å². The van der Waals surface area contributed by atoms with Crippen LogP contribution in [0.1, 0.15) is 22.7 Å². The molecule has 1 aliphatic rings. The van der Waals surface area contributed by atoms with E-state index in [1.54, 1.807) is 6.07 Å². The van der Waals surface area contributed by atoms with Crippen molar-refractivity contribution in [2.24, 2.45) is 5.73 Å². The Kier molecular flexibility index (Phi) is 4.32. The quantitative estimate of drug-likeness (QED) is 0.939. The number of hydrogen-bond donors (Lipinski definition) is 1. The van der Waals surface area contributed by atoms with Crippen LogP contribution in [0.3, 0.4) is 0 Å². The molecule has 3 rings (SSSR count). The Labute approximate surface area is 125 Å². The van der Waals surface area contributed by atoms with Gasteiger partial charge < -0.3 is 5.73 Å². The van der Waals surface area contributed by atoms with Crippen molar-refractivity contribution in [3.05, 3.63) is 71.0 Å². The Hall–Kier alpha value is -1.71. The van der Waals surface area contributed by atoms with Crippen molar-refractivity contribution in [1.29, 1.82) is 0 Å². The van der Waals surface area contributed by atoms with E-state index in [0.29, 0.717) is 12.1 Å². The Morgan fingerprint density at radius 2 is 1.52 bits per heavy atom. The van der Waals surface area contributed by atoms with Gasteiger partial charge in [-0.15, -0.1) is 0 Å². The average Bonchev–Trinajstić information content (AvgIpc) is 2.73. The van der Waals surface area contributed by atoms with Gasteiger partial charge in [-0.2, -0.15) is 0 Å². The van der Waals surface area contributed by atoms with Crippen molar-refractivity contribution < 1.29 is 4.39 Å². The predicted molar refractivity (Wildman–Crippen MR) is 83.6 cm³/mol. The van der Waals surface area contributed by atoms with Gasteiger partial charge >= 0.3 is 0 Å². The minimum Gasteiger partial charge on any atom is -0.329 e. The summed E-state index contributed by atoms with van der Waals surface area (Å²) in [6.45, 7) is 2.29. The van der Waals surface area contributed by atoms with Gasteiger partial charge in [-0.05, 0) is 30.0 Å². The standard InChI is InChI=1S/C18H21FN2/c19-17-8-4-3-7-16(17)18(13-20)21-11-9-14-5-1-2-6-15(14)10-12-21/h1-8,18H,9-13,20H2. The molecule has 21 heavy (non-hydrogen) atoms. The number of fused-ring (bicyclic) bond motifs is 1. The van der Waals surface area contributed by atoms with Gasteiger partial charge in [0.2, 0.25) is 0 Å². The zero-order chi connectivity index (χ0) is 14.7. The van der Waals surface area contributed by atoms with Gasteiger partial charge in [0.25, 0.3) is 0 Å². The molecule has 0 fully saturated rings. The third kappa shape index (κ3) is 2.99. The highest BCUT2D eigenvalue weighted by molar-refractivity contribution is 5.29. The summed E-state index contributed by atoms with van der Waals surface area (Å²) in [4.78, 5) is 2.32. The first kappa shape index (κ1) is 14.2. The second kappa shape index (κ2) is 6.37. The third-order valence-electron chi connectivity index (χ3n) is 4.38. The van der Waals surface area contributed by atoms with E-state index in [9.17, 15) is 4.39 Å². The fourth-order valence-corrected chi connectivity index (χ4v) is 3.21. The Balaban J connectivity index is 1.82. The van der Waals surface area contributed by atoms with Crippen LogP contribution in [0.5, 0.6) is 0 Å². The Morgan fingerprint density at radius 1 is 0.952 bits per heavy atom. The molecule has 110 valence electrons. The van der Waals surface area contributed by atoms with Crippen LogP contribution in [-0.2, 0) is 12.8 Å². The number of hydrogen-bond acceptors (Lipinski definition) is 2. The number of nitrogens with zero attached hydrogens (tertiary/aromatic N) is 1. The van der Waals surface area contributed by atoms with E-state index in [0.717, 1.165) is 25.9 Å². The fraction of sp³-hybridized carbons (Fsp3) is 0.333.